The van der Waals surface area contributed by atoms with Crippen LogP contribution in [0.3, 0.4) is 0 Å². The number of nitrogens with one attached hydrogen (secondary N) is 1. The number of nitrogens with zero attached hydrogens (tertiary/aromatic N) is 3. The van der Waals surface area contributed by atoms with Crippen molar-refractivity contribution in [1.29, 1.82) is 21.2 Å². The molecule has 2 bridgehead atoms. The van der Waals surface area contributed by atoms with Crippen LogP contribution in [0.5, 0.6) is 0 Å². The Balaban J connectivity index is 1.82. The molecule has 4 atom stereocenters. The molecule has 3 rings (SSSR count). The molecule has 0 amide bonds. The van der Waals surface area contributed by atoms with Gasteiger partial charge in [-0.15, -0.1) is 0 Å². The Kier molecular flexibility index (Phi) is 7.78. The van der Waals surface area contributed by atoms with Crippen LogP contribution < -0.4 is 0 Å². The number of nitriles is 3. The monoisotopic (exact) mass is 446 g/mol. The highest BCUT2D eigenvalue weighted by molar-refractivity contribution is 5.89. The number of hydrogen-bond donors (Lipinski definition) is 1. The lowest BCUT2D eigenvalue weighted by atomic mass is 9.53. The molecule has 4 unspecified atom stereocenters. The fraction of sp³-hybridized carbons (Fsp3) is 0.630. The van der Waals surface area contributed by atoms with Crippen LogP contribution in [-0.4, -0.2) is 17.8 Å². The van der Waals surface area contributed by atoms with Gasteiger partial charge in [-0.1, -0.05) is 88.6 Å². The van der Waals surface area contributed by atoms with E-state index in [1.807, 2.05) is 30.3 Å². The van der Waals surface area contributed by atoms with Crippen molar-refractivity contribution in [3.05, 3.63) is 35.9 Å². The Morgan fingerprint density at radius 3 is 2.09 bits per heavy atom. The maximum atomic E-state index is 10.4. The zero-order chi connectivity index (χ0) is 24.0. The Labute approximate surface area is 197 Å². The van der Waals surface area contributed by atoms with E-state index in [9.17, 15) is 15.8 Å². The minimum atomic E-state index is -1.80. The van der Waals surface area contributed by atoms with E-state index >= 15 is 0 Å². The molecule has 1 aromatic rings. The first-order valence-electron chi connectivity index (χ1n) is 12.2. The van der Waals surface area contributed by atoms with Gasteiger partial charge in [0.1, 0.15) is 0 Å². The van der Waals surface area contributed by atoms with E-state index in [-0.39, 0.29) is 5.90 Å². The van der Waals surface area contributed by atoms with Gasteiger partial charge in [-0.05, 0) is 18.4 Å². The Hall–Kier alpha value is -2.88. The van der Waals surface area contributed by atoms with Gasteiger partial charge in [0.15, 0.2) is 10.8 Å². The van der Waals surface area contributed by atoms with Gasteiger partial charge in [0, 0.05) is 6.92 Å². The largest absolute Gasteiger partial charge is 0.448 e. The van der Waals surface area contributed by atoms with Gasteiger partial charge in [-0.2, -0.15) is 15.8 Å². The second-order valence-corrected chi connectivity index (χ2v) is 9.51. The molecule has 2 aliphatic rings. The lowest BCUT2D eigenvalue weighted by Gasteiger charge is -2.48. The van der Waals surface area contributed by atoms with E-state index in [2.05, 4.69) is 25.1 Å². The molecule has 33 heavy (non-hydrogen) atoms. The third-order valence-electron chi connectivity index (χ3n) is 7.43. The van der Waals surface area contributed by atoms with Gasteiger partial charge >= 0.3 is 0 Å². The summed E-state index contributed by atoms with van der Waals surface area (Å²) in [5, 5.41) is 39.6. The first-order chi connectivity index (χ1) is 15.9. The van der Waals surface area contributed by atoms with Crippen LogP contribution in [0.1, 0.15) is 77.2 Å². The standard InChI is InChI=1S/C27H34N4O2/c1-3-4-5-6-7-8-9-13-16-23-26(18-28,19-29)27(20-30)22(17-21-14-11-10-12-15-21)25(2,32-23)33-24(27)31/h10-12,14-15,22-23,31H,3-9,13,16-17H2,1-2H3. The summed E-state index contributed by atoms with van der Waals surface area (Å²) < 4.78 is 12.2. The second-order valence-electron chi connectivity index (χ2n) is 9.51. The topological polar surface area (TPSA) is 114 Å². The van der Waals surface area contributed by atoms with Gasteiger partial charge < -0.3 is 9.47 Å². The first kappa shape index (κ1) is 24.8. The Morgan fingerprint density at radius 2 is 1.52 bits per heavy atom. The molecular formula is C27H34N4O2. The number of rotatable bonds is 11. The van der Waals surface area contributed by atoms with Crippen LogP contribution >= 0.6 is 0 Å². The average molecular weight is 447 g/mol. The number of benzene rings is 1. The third kappa shape index (κ3) is 4.23. The van der Waals surface area contributed by atoms with Crippen LogP contribution in [0.15, 0.2) is 30.3 Å². The van der Waals surface area contributed by atoms with Gasteiger partial charge in [0.25, 0.3) is 0 Å². The minimum Gasteiger partial charge on any atom is -0.448 e. The summed E-state index contributed by atoms with van der Waals surface area (Å²) in [4.78, 5) is 0. The van der Waals surface area contributed by atoms with Crippen molar-refractivity contribution in [2.75, 3.05) is 0 Å². The minimum absolute atomic E-state index is 0.324. The van der Waals surface area contributed by atoms with Gasteiger partial charge in [0.05, 0.1) is 30.2 Å². The molecule has 0 aromatic heterocycles. The molecule has 1 aromatic carbocycles. The summed E-state index contributed by atoms with van der Waals surface area (Å²) in [6.07, 6.45) is 9.15. The van der Waals surface area contributed by atoms with E-state index < -0.39 is 28.6 Å². The normalized spacial score (nSPS) is 29.5. The molecule has 1 N–H and O–H groups in total. The van der Waals surface area contributed by atoms with Crippen LogP contribution in [0.25, 0.3) is 0 Å². The quantitative estimate of drug-likeness (QED) is 0.416. The van der Waals surface area contributed by atoms with Crippen molar-refractivity contribution in [2.45, 2.75) is 89.9 Å². The molecule has 0 saturated carbocycles. The fourth-order valence-corrected chi connectivity index (χ4v) is 5.58. The molecule has 6 nitrogen and oxygen atoms in total. The Morgan fingerprint density at radius 1 is 0.909 bits per heavy atom. The highest BCUT2D eigenvalue weighted by Crippen LogP contribution is 2.63. The third-order valence-corrected chi connectivity index (χ3v) is 7.43. The predicted octanol–water partition coefficient (Wildman–Crippen LogP) is 6.04. The summed E-state index contributed by atoms with van der Waals surface area (Å²) in [7, 11) is 0. The highest BCUT2D eigenvalue weighted by atomic mass is 16.7. The molecule has 0 radical (unpaired) electrons. The van der Waals surface area contributed by atoms with Crippen LogP contribution in [0.2, 0.25) is 0 Å². The van der Waals surface area contributed by atoms with Gasteiger partial charge in [-0.3, -0.25) is 5.41 Å². The molecule has 2 heterocycles. The van der Waals surface area contributed by atoms with Crippen molar-refractivity contribution in [1.82, 2.24) is 0 Å². The molecule has 0 aliphatic carbocycles. The van der Waals surface area contributed by atoms with Gasteiger partial charge in [0.2, 0.25) is 11.7 Å². The molecule has 174 valence electrons. The van der Waals surface area contributed by atoms with Crippen LogP contribution in [-0.2, 0) is 15.9 Å². The maximum absolute atomic E-state index is 10.4. The Bertz CT molecular complexity index is 943. The summed E-state index contributed by atoms with van der Waals surface area (Å²) in [5.74, 6) is -2.20. The van der Waals surface area contributed by atoms with Crippen molar-refractivity contribution in [2.24, 2.45) is 16.7 Å². The lowest BCUT2D eigenvalue weighted by Crippen LogP contribution is -2.62. The fourth-order valence-electron chi connectivity index (χ4n) is 5.58. The maximum Gasteiger partial charge on any atom is 0.214 e. The number of ether oxygens (including phenoxy) is 2. The van der Waals surface area contributed by atoms with Crippen LogP contribution in [0, 0.1) is 56.2 Å². The summed E-state index contributed by atoms with van der Waals surface area (Å²) in [6.45, 7) is 3.95. The highest BCUT2D eigenvalue weighted by Gasteiger charge is 2.78. The average Bonchev–Trinajstić information content (AvgIpc) is 2.98. The lowest BCUT2D eigenvalue weighted by molar-refractivity contribution is -0.270. The van der Waals surface area contributed by atoms with E-state index in [4.69, 9.17) is 14.9 Å². The second kappa shape index (κ2) is 10.4. The van der Waals surface area contributed by atoms with Gasteiger partial charge in [-0.25, -0.2) is 0 Å². The zero-order valence-electron chi connectivity index (χ0n) is 19.8. The number of unbranched alkanes of at least 4 members (excludes halogenated alkanes) is 7. The first-order valence-corrected chi connectivity index (χ1v) is 12.2. The van der Waals surface area contributed by atoms with Crippen molar-refractivity contribution < 1.29 is 9.47 Å². The van der Waals surface area contributed by atoms with E-state index in [0.29, 0.717) is 12.8 Å². The molecule has 2 fully saturated rings. The predicted molar refractivity (Wildman–Crippen MR) is 125 cm³/mol. The molecule has 6 heteroatoms. The molecular weight excluding hydrogens is 412 g/mol. The van der Waals surface area contributed by atoms with E-state index in [1.165, 1.54) is 32.1 Å². The van der Waals surface area contributed by atoms with Crippen molar-refractivity contribution in [3.8, 4) is 18.2 Å². The summed E-state index contributed by atoms with van der Waals surface area (Å²) in [5.41, 5.74) is -2.53. The smallest absolute Gasteiger partial charge is 0.214 e. The van der Waals surface area contributed by atoms with E-state index in [0.717, 1.165) is 24.8 Å². The molecule has 2 saturated heterocycles. The van der Waals surface area contributed by atoms with E-state index in [1.54, 1.807) is 6.92 Å². The molecule has 0 spiro atoms. The number of hydrogen-bond acceptors (Lipinski definition) is 6. The summed E-state index contributed by atoms with van der Waals surface area (Å²) in [6, 6.07) is 16.1. The number of fused-ring (bicyclic) bond motifs is 2. The SMILES string of the molecule is CCCCCCCCCCC1OC2(C)OC(=N)C(C#N)(C2Cc2ccccc2)C1(C#N)C#N. The van der Waals surface area contributed by atoms with Crippen molar-refractivity contribution >= 4 is 5.90 Å². The van der Waals surface area contributed by atoms with Crippen LogP contribution in [0.4, 0.5) is 0 Å². The zero-order valence-corrected chi connectivity index (χ0v) is 19.8. The molecule has 2 aliphatic heterocycles. The summed E-state index contributed by atoms with van der Waals surface area (Å²) >= 11 is 0. The van der Waals surface area contributed by atoms with Crippen molar-refractivity contribution in [3.63, 3.8) is 0 Å².